The zero-order valence-corrected chi connectivity index (χ0v) is 8.70. The van der Waals surface area contributed by atoms with Crippen LogP contribution in [-0.2, 0) is 10.2 Å². The lowest BCUT2D eigenvalue weighted by Crippen LogP contribution is -1.99. The molecule has 0 saturated heterocycles. The second-order valence-electron chi connectivity index (χ2n) is 2.90. The van der Waals surface area contributed by atoms with Crippen molar-refractivity contribution in [1.82, 2.24) is 0 Å². The Balaban J connectivity index is 2.50. The highest BCUT2D eigenvalue weighted by atomic mass is 79.9. The maximum Gasteiger partial charge on any atom is 0.353 e. The standard InChI is InChI=1S/C9H7BrO4/c10-14-9(12)6-1-2-7-5(8(6)11)3-4-13-7/h1-2,11H,3-4H2. The van der Waals surface area contributed by atoms with Gasteiger partial charge in [-0.3, -0.25) is 0 Å². The molecule has 1 heterocycles. The van der Waals surface area contributed by atoms with E-state index in [4.69, 9.17) is 4.74 Å². The van der Waals surface area contributed by atoms with E-state index in [2.05, 4.69) is 20.1 Å². The van der Waals surface area contributed by atoms with Crippen molar-refractivity contribution in [1.29, 1.82) is 0 Å². The molecule has 0 saturated carbocycles. The lowest BCUT2D eigenvalue weighted by Gasteiger charge is -2.05. The number of aromatic hydroxyl groups is 1. The summed E-state index contributed by atoms with van der Waals surface area (Å²) in [7, 11) is 0. The van der Waals surface area contributed by atoms with Gasteiger partial charge in [-0.2, -0.15) is 0 Å². The Labute approximate surface area is 88.9 Å². The molecule has 74 valence electrons. The van der Waals surface area contributed by atoms with E-state index in [1.165, 1.54) is 6.07 Å². The normalized spacial score (nSPS) is 13.2. The molecule has 1 N–H and O–H groups in total. The third-order valence-electron chi connectivity index (χ3n) is 2.14. The third-order valence-corrected chi connectivity index (χ3v) is 2.43. The number of phenols is 1. The van der Waals surface area contributed by atoms with Crippen molar-refractivity contribution >= 4 is 22.2 Å². The number of carbonyl (C=O) groups is 1. The maximum absolute atomic E-state index is 11.2. The van der Waals surface area contributed by atoms with E-state index in [9.17, 15) is 9.90 Å². The van der Waals surface area contributed by atoms with Crippen molar-refractivity contribution in [2.75, 3.05) is 6.61 Å². The van der Waals surface area contributed by atoms with Crippen LogP contribution in [0.4, 0.5) is 0 Å². The van der Waals surface area contributed by atoms with Gasteiger partial charge in [0.15, 0.2) is 16.3 Å². The average Bonchev–Trinajstić information content (AvgIpc) is 2.66. The number of benzene rings is 1. The van der Waals surface area contributed by atoms with Gasteiger partial charge in [0.05, 0.1) is 6.61 Å². The number of carbonyl (C=O) groups excluding carboxylic acids is 1. The van der Waals surface area contributed by atoms with Crippen molar-refractivity contribution in [3.8, 4) is 11.5 Å². The van der Waals surface area contributed by atoms with Crippen LogP contribution in [0, 0.1) is 0 Å². The Morgan fingerprint density at radius 2 is 2.36 bits per heavy atom. The molecule has 0 unspecified atom stereocenters. The highest BCUT2D eigenvalue weighted by Gasteiger charge is 2.22. The van der Waals surface area contributed by atoms with E-state index >= 15 is 0 Å². The Morgan fingerprint density at radius 1 is 1.57 bits per heavy atom. The molecule has 1 aliphatic rings. The summed E-state index contributed by atoms with van der Waals surface area (Å²) in [6, 6.07) is 3.13. The summed E-state index contributed by atoms with van der Waals surface area (Å²) >= 11 is 2.57. The zero-order valence-electron chi connectivity index (χ0n) is 7.12. The summed E-state index contributed by atoms with van der Waals surface area (Å²) in [6.07, 6.45) is 0.616. The molecular weight excluding hydrogens is 252 g/mol. The van der Waals surface area contributed by atoms with Gasteiger partial charge in [0.1, 0.15) is 17.1 Å². The zero-order chi connectivity index (χ0) is 10.1. The van der Waals surface area contributed by atoms with Gasteiger partial charge in [-0.15, -0.1) is 0 Å². The maximum atomic E-state index is 11.2. The van der Waals surface area contributed by atoms with Gasteiger partial charge in [0, 0.05) is 12.0 Å². The van der Waals surface area contributed by atoms with Crippen molar-refractivity contribution < 1.29 is 18.5 Å². The van der Waals surface area contributed by atoms with Crippen LogP contribution in [0.1, 0.15) is 15.9 Å². The van der Waals surface area contributed by atoms with Crippen molar-refractivity contribution in [3.63, 3.8) is 0 Å². The van der Waals surface area contributed by atoms with Crippen LogP contribution in [0.15, 0.2) is 12.1 Å². The lowest BCUT2D eigenvalue weighted by molar-refractivity contribution is 0.0778. The fraction of sp³-hybridized carbons (Fsp3) is 0.222. The molecule has 1 aromatic rings. The minimum Gasteiger partial charge on any atom is -0.507 e. The van der Waals surface area contributed by atoms with Gasteiger partial charge in [-0.25, -0.2) is 4.79 Å². The highest BCUT2D eigenvalue weighted by molar-refractivity contribution is 9.06. The summed E-state index contributed by atoms with van der Waals surface area (Å²) in [4.78, 5) is 11.2. The van der Waals surface area contributed by atoms with Gasteiger partial charge in [-0.05, 0) is 12.1 Å². The Kier molecular flexibility index (Phi) is 2.33. The third kappa shape index (κ3) is 1.33. The Bertz CT molecular complexity index is 389. The molecule has 1 aliphatic heterocycles. The number of hydrogen-bond donors (Lipinski definition) is 1. The number of rotatable bonds is 1. The number of phenolic OH excluding ortho intramolecular Hbond substituents is 1. The van der Waals surface area contributed by atoms with E-state index in [1.54, 1.807) is 6.07 Å². The summed E-state index contributed by atoms with van der Waals surface area (Å²) in [5.41, 5.74) is 0.812. The van der Waals surface area contributed by atoms with Gasteiger partial charge in [0.2, 0.25) is 0 Å². The first-order valence-corrected chi connectivity index (χ1v) is 4.69. The summed E-state index contributed by atoms with van der Waals surface area (Å²) in [5, 5.41) is 9.71. The van der Waals surface area contributed by atoms with E-state index < -0.39 is 5.97 Å². The van der Waals surface area contributed by atoms with Crippen LogP contribution in [0.5, 0.6) is 11.5 Å². The van der Waals surface area contributed by atoms with Gasteiger partial charge in [-0.1, -0.05) is 0 Å². The van der Waals surface area contributed by atoms with E-state index in [-0.39, 0.29) is 11.3 Å². The predicted molar refractivity (Wildman–Crippen MR) is 51.6 cm³/mol. The molecule has 0 radical (unpaired) electrons. The predicted octanol–water partition coefficient (Wildman–Crippen LogP) is 1.79. The smallest absolute Gasteiger partial charge is 0.353 e. The van der Waals surface area contributed by atoms with Crippen LogP contribution in [0.2, 0.25) is 0 Å². The first-order chi connectivity index (χ1) is 6.74. The summed E-state index contributed by atoms with van der Waals surface area (Å²) in [5.74, 6) is -0.0322. The second-order valence-corrected chi connectivity index (χ2v) is 3.23. The molecule has 0 bridgehead atoms. The molecule has 0 amide bonds. The van der Waals surface area contributed by atoms with E-state index in [1.807, 2.05) is 0 Å². The molecule has 0 aromatic heterocycles. The Hall–Kier alpha value is -1.23. The van der Waals surface area contributed by atoms with E-state index in [0.29, 0.717) is 24.3 Å². The first-order valence-electron chi connectivity index (χ1n) is 4.04. The molecule has 0 fully saturated rings. The SMILES string of the molecule is O=C(OBr)c1ccc2c(c1O)CCO2. The number of ether oxygens (including phenoxy) is 1. The fourth-order valence-corrected chi connectivity index (χ4v) is 1.64. The molecular formula is C9H7BrO4. The molecule has 0 spiro atoms. The minimum atomic E-state index is -0.614. The topological polar surface area (TPSA) is 55.8 Å². The minimum absolute atomic E-state index is 0.0514. The monoisotopic (exact) mass is 258 g/mol. The van der Waals surface area contributed by atoms with Crippen LogP contribution < -0.4 is 4.74 Å². The lowest BCUT2D eigenvalue weighted by atomic mass is 10.1. The fourth-order valence-electron chi connectivity index (χ4n) is 1.46. The molecule has 0 aliphatic carbocycles. The van der Waals surface area contributed by atoms with Crippen LogP contribution in [-0.4, -0.2) is 17.7 Å². The van der Waals surface area contributed by atoms with Crippen molar-refractivity contribution in [3.05, 3.63) is 23.3 Å². The Morgan fingerprint density at radius 3 is 3.07 bits per heavy atom. The quantitative estimate of drug-likeness (QED) is 0.835. The summed E-state index contributed by atoms with van der Waals surface area (Å²) in [6.45, 7) is 0.537. The molecule has 2 rings (SSSR count). The molecule has 1 aromatic carbocycles. The highest BCUT2D eigenvalue weighted by Crippen LogP contribution is 2.35. The van der Waals surface area contributed by atoms with Crippen molar-refractivity contribution in [2.24, 2.45) is 0 Å². The first kappa shape index (κ1) is 9.33. The van der Waals surface area contributed by atoms with Crippen LogP contribution >= 0.6 is 16.3 Å². The largest absolute Gasteiger partial charge is 0.507 e. The molecule has 5 heteroatoms. The average molecular weight is 259 g/mol. The summed E-state index contributed by atoms with van der Waals surface area (Å²) < 4.78 is 9.57. The van der Waals surface area contributed by atoms with Gasteiger partial charge in [0.25, 0.3) is 0 Å². The van der Waals surface area contributed by atoms with Gasteiger partial charge < -0.3 is 13.7 Å². The van der Waals surface area contributed by atoms with E-state index in [0.717, 1.165) is 0 Å². The van der Waals surface area contributed by atoms with Crippen LogP contribution in [0.25, 0.3) is 0 Å². The number of fused-ring (bicyclic) bond motifs is 1. The molecule has 14 heavy (non-hydrogen) atoms. The second kappa shape index (κ2) is 3.49. The number of halogens is 1. The van der Waals surface area contributed by atoms with Gasteiger partial charge >= 0.3 is 5.97 Å². The molecule has 0 atom stereocenters. The number of hydrogen-bond acceptors (Lipinski definition) is 4. The molecule has 4 nitrogen and oxygen atoms in total. The van der Waals surface area contributed by atoms with Crippen LogP contribution in [0.3, 0.4) is 0 Å². The van der Waals surface area contributed by atoms with Crippen molar-refractivity contribution in [2.45, 2.75) is 6.42 Å².